The highest BCUT2D eigenvalue weighted by atomic mass is 16.4. The zero-order valence-corrected chi connectivity index (χ0v) is 8.00. The summed E-state index contributed by atoms with van der Waals surface area (Å²) in [4.78, 5) is 20.3. The maximum atomic E-state index is 10.7. The average Bonchev–Trinajstić information content (AvgIpc) is 2.65. The first-order valence-corrected chi connectivity index (χ1v) is 4.66. The van der Waals surface area contributed by atoms with E-state index in [-0.39, 0.29) is 11.8 Å². The summed E-state index contributed by atoms with van der Waals surface area (Å²) < 4.78 is 0. The Labute approximate surface area is 86.2 Å². The molecule has 1 aromatic rings. The quantitative estimate of drug-likeness (QED) is 0.698. The SMILES string of the molecule is O=C(O)c1ccnc(N2CC[C@@H](O)C2)n1. The molecule has 6 heteroatoms. The molecule has 1 fully saturated rings. The van der Waals surface area contributed by atoms with E-state index in [2.05, 4.69) is 9.97 Å². The van der Waals surface area contributed by atoms with Gasteiger partial charge in [0.25, 0.3) is 0 Å². The normalized spacial score (nSPS) is 20.6. The first-order valence-electron chi connectivity index (χ1n) is 4.66. The van der Waals surface area contributed by atoms with Gasteiger partial charge in [-0.05, 0) is 12.5 Å². The summed E-state index contributed by atoms with van der Waals surface area (Å²) in [6.45, 7) is 1.12. The van der Waals surface area contributed by atoms with Crippen LogP contribution in [0.25, 0.3) is 0 Å². The van der Waals surface area contributed by atoms with E-state index >= 15 is 0 Å². The maximum absolute atomic E-state index is 10.7. The van der Waals surface area contributed by atoms with Crippen molar-refractivity contribution in [3.05, 3.63) is 18.0 Å². The van der Waals surface area contributed by atoms with Crippen LogP contribution in [0.4, 0.5) is 5.95 Å². The molecule has 1 aromatic heterocycles. The molecular formula is C9H11N3O3. The molecule has 1 atom stereocenters. The number of anilines is 1. The summed E-state index contributed by atoms with van der Waals surface area (Å²) >= 11 is 0. The molecule has 0 amide bonds. The van der Waals surface area contributed by atoms with Gasteiger partial charge in [-0.3, -0.25) is 0 Å². The monoisotopic (exact) mass is 209 g/mol. The van der Waals surface area contributed by atoms with Gasteiger partial charge in [0.2, 0.25) is 5.95 Å². The lowest BCUT2D eigenvalue weighted by Gasteiger charge is -2.14. The molecule has 80 valence electrons. The van der Waals surface area contributed by atoms with Gasteiger partial charge >= 0.3 is 5.97 Å². The second-order valence-electron chi connectivity index (χ2n) is 3.44. The van der Waals surface area contributed by atoms with Crippen molar-refractivity contribution in [3.63, 3.8) is 0 Å². The van der Waals surface area contributed by atoms with Crippen molar-refractivity contribution in [1.82, 2.24) is 9.97 Å². The summed E-state index contributed by atoms with van der Waals surface area (Å²) in [7, 11) is 0. The third-order valence-electron chi connectivity index (χ3n) is 2.31. The number of nitrogens with zero attached hydrogens (tertiary/aromatic N) is 3. The number of hydrogen-bond acceptors (Lipinski definition) is 5. The first kappa shape index (κ1) is 9.85. The predicted octanol–water partition coefficient (Wildman–Crippen LogP) is -0.254. The third-order valence-corrected chi connectivity index (χ3v) is 2.31. The van der Waals surface area contributed by atoms with Crippen molar-refractivity contribution >= 4 is 11.9 Å². The number of carbonyl (C=O) groups is 1. The highest BCUT2D eigenvalue weighted by molar-refractivity contribution is 5.85. The van der Waals surface area contributed by atoms with Crippen LogP contribution in [-0.4, -0.2) is 45.3 Å². The molecule has 1 aliphatic heterocycles. The minimum absolute atomic E-state index is 0.0265. The van der Waals surface area contributed by atoms with E-state index in [1.165, 1.54) is 12.3 Å². The van der Waals surface area contributed by atoms with Crippen LogP contribution in [0, 0.1) is 0 Å². The Balaban J connectivity index is 2.21. The van der Waals surface area contributed by atoms with Gasteiger partial charge in [0.15, 0.2) is 5.69 Å². The van der Waals surface area contributed by atoms with Crippen molar-refractivity contribution in [3.8, 4) is 0 Å². The van der Waals surface area contributed by atoms with Crippen LogP contribution in [-0.2, 0) is 0 Å². The highest BCUT2D eigenvalue weighted by Gasteiger charge is 2.22. The number of carboxylic acid groups (broad SMARTS) is 1. The molecule has 1 aliphatic rings. The Morgan fingerprint density at radius 1 is 1.60 bits per heavy atom. The summed E-state index contributed by atoms with van der Waals surface area (Å²) in [6, 6.07) is 1.35. The number of rotatable bonds is 2. The molecule has 0 spiro atoms. The fourth-order valence-corrected chi connectivity index (χ4v) is 1.54. The van der Waals surface area contributed by atoms with Crippen molar-refractivity contribution in [2.24, 2.45) is 0 Å². The topological polar surface area (TPSA) is 86.5 Å². The standard InChI is InChI=1S/C9H11N3O3/c13-6-2-4-12(5-6)9-10-3-1-7(11-9)8(14)15/h1,3,6,13H,2,4-5H2,(H,14,15)/t6-/m1/s1. The van der Waals surface area contributed by atoms with Crippen LogP contribution in [0.3, 0.4) is 0 Å². The molecule has 0 aromatic carbocycles. The zero-order valence-electron chi connectivity index (χ0n) is 8.00. The van der Waals surface area contributed by atoms with Crippen molar-refractivity contribution in [2.45, 2.75) is 12.5 Å². The summed E-state index contributed by atoms with van der Waals surface area (Å²) in [5, 5.41) is 18.1. The van der Waals surface area contributed by atoms with Crippen molar-refractivity contribution < 1.29 is 15.0 Å². The van der Waals surface area contributed by atoms with Gasteiger partial charge in [0, 0.05) is 19.3 Å². The Morgan fingerprint density at radius 3 is 3.00 bits per heavy atom. The lowest BCUT2D eigenvalue weighted by Crippen LogP contribution is -2.24. The van der Waals surface area contributed by atoms with Gasteiger partial charge in [-0.25, -0.2) is 14.8 Å². The van der Waals surface area contributed by atoms with E-state index in [1.807, 2.05) is 0 Å². The van der Waals surface area contributed by atoms with E-state index in [0.717, 1.165) is 0 Å². The molecule has 1 saturated heterocycles. The third kappa shape index (κ3) is 2.04. The molecule has 2 rings (SSSR count). The van der Waals surface area contributed by atoms with E-state index in [4.69, 9.17) is 5.11 Å². The molecule has 2 heterocycles. The van der Waals surface area contributed by atoms with E-state index in [1.54, 1.807) is 4.90 Å². The van der Waals surface area contributed by atoms with Gasteiger partial charge in [-0.15, -0.1) is 0 Å². The summed E-state index contributed by atoms with van der Waals surface area (Å²) in [6.07, 6.45) is 1.71. The van der Waals surface area contributed by atoms with Gasteiger partial charge < -0.3 is 15.1 Å². The number of aromatic carboxylic acids is 1. The van der Waals surface area contributed by atoms with Crippen LogP contribution in [0.2, 0.25) is 0 Å². The Bertz CT molecular complexity index is 383. The molecule has 2 N–H and O–H groups in total. The first-order chi connectivity index (χ1) is 7.16. The van der Waals surface area contributed by atoms with Crippen LogP contribution in [0.15, 0.2) is 12.3 Å². The van der Waals surface area contributed by atoms with Gasteiger partial charge in [-0.2, -0.15) is 0 Å². The highest BCUT2D eigenvalue weighted by Crippen LogP contribution is 2.15. The number of aromatic nitrogens is 2. The Kier molecular flexibility index (Phi) is 2.51. The van der Waals surface area contributed by atoms with Crippen LogP contribution < -0.4 is 4.90 Å². The largest absolute Gasteiger partial charge is 0.477 e. The molecule has 6 nitrogen and oxygen atoms in total. The van der Waals surface area contributed by atoms with Crippen LogP contribution >= 0.6 is 0 Å². The summed E-state index contributed by atoms with van der Waals surface area (Å²) in [5.41, 5.74) is -0.0265. The smallest absolute Gasteiger partial charge is 0.354 e. The second kappa shape index (κ2) is 3.82. The lowest BCUT2D eigenvalue weighted by atomic mass is 10.3. The Morgan fingerprint density at radius 2 is 2.40 bits per heavy atom. The van der Waals surface area contributed by atoms with Crippen molar-refractivity contribution in [2.75, 3.05) is 18.0 Å². The molecule has 15 heavy (non-hydrogen) atoms. The average molecular weight is 209 g/mol. The van der Waals surface area contributed by atoms with Crippen LogP contribution in [0.5, 0.6) is 0 Å². The van der Waals surface area contributed by atoms with Gasteiger partial charge in [0.1, 0.15) is 0 Å². The number of aliphatic hydroxyl groups excluding tert-OH is 1. The zero-order chi connectivity index (χ0) is 10.8. The minimum atomic E-state index is -1.07. The fourth-order valence-electron chi connectivity index (χ4n) is 1.54. The maximum Gasteiger partial charge on any atom is 0.354 e. The fraction of sp³-hybridized carbons (Fsp3) is 0.444. The summed E-state index contributed by atoms with van der Waals surface area (Å²) in [5.74, 6) is -0.704. The number of carboxylic acids is 1. The van der Waals surface area contributed by atoms with Gasteiger partial charge in [0.05, 0.1) is 6.10 Å². The van der Waals surface area contributed by atoms with Gasteiger partial charge in [-0.1, -0.05) is 0 Å². The molecule has 0 unspecified atom stereocenters. The number of aliphatic hydroxyl groups is 1. The Hall–Kier alpha value is -1.69. The molecule has 0 aliphatic carbocycles. The van der Waals surface area contributed by atoms with Crippen molar-refractivity contribution in [1.29, 1.82) is 0 Å². The minimum Gasteiger partial charge on any atom is -0.477 e. The van der Waals surface area contributed by atoms with Crippen LogP contribution in [0.1, 0.15) is 16.9 Å². The van der Waals surface area contributed by atoms with E-state index < -0.39 is 5.97 Å². The number of β-amino-alcohol motifs (C(OH)–C–C–N with tert-alkyl or cyclic N) is 1. The predicted molar refractivity (Wildman–Crippen MR) is 51.8 cm³/mol. The molecular weight excluding hydrogens is 198 g/mol. The molecule has 0 radical (unpaired) electrons. The molecule has 0 saturated carbocycles. The lowest BCUT2D eigenvalue weighted by molar-refractivity contribution is 0.0690. The van der Waals surface area contributed by atoms with E-state index in [9.17, 15) is 9.90 Å². The number of hydrogen-bond donors (Lipinski definition) is 2. The van der Waals surface area contributed by atoms with E-state index in [0.29, 0.717) is 25.5 Å². The molecule has 0 bridgehead atoms. The second-order valence-corrected chi connectivity index (χ2v) is 3.44.